The van der Waals surface area contributed by atoms with E-state index in [4.69, 9.17) is 4.74 Å². The van der Waals surface area contributed by atoms with Gasteiger partial charge in [0.15, 0.2) is 5.82 Å². The van der Waals surface area contributed by atoms with Gasteiger partial charge in [0, 0.05) is 12.6 Å². The minimum Gasteiger partial charge on any atom is -0.508 e. The third-order valence-corrected chi connectivity index (χ3v) is 5.75. The molecule has 2 aromatic carbocycles. The first-order valence-corrected chi connectivity index (χ1v) is 10.8. The molecule has 1 aromatic heterocycles. The van der Waals surface area contributed by atoms with Crippen LogP contribution in [-0.4, -0.2) is 57.1 Å². The van der Waals surface area contributed by atoms with E-state index in [0.29, 0.717) is 24.0 Å². The van der Waals surface area contributed by atoms with Crippen molar-refractivity contribution in [3.8, 4) is 34.6 Å². The number of benzene rings is 2. The molecule has 31 heavy (non-hydrogen) atoms. The second kappa shape index (κ2) is 8.59. The fraction of sp³-hybridized carbons (Fsp3) is 0.417. The average molecular weight is 423 g/mol. The molecule has 3 aromatic rings. The Morgan fingerprint density at radius 3 is 2.55 bits per heavy atom. The highest BCUT2D eigenvalue weighted by molar-refractivity contribution is 5.70. The molecule has 2 N–H and O–H groups in total. The Morgan fingerprint density at radius 1 is 1.03 bits per heavy atom. The lowest BCUT2D eigenvalue weighted by atomic mass is 9.98. The smallest absolute Gasteiger partial charge is 0.322 e. The van der Waals surface area contributed by atoms with Gasteiger partial charge in [-0.2, -0.15) is 0 Å². The highest BCUT2D eigenvalue weighted by Gasteiger charge is 2.23. The molecule has 1 aliphatic carbocycles. The van der Waals surface area contributed by atoms with Gasteiger partial charge in [0.25, 0.3) is 0 Å². The second-order valence-electron chi connectivity index (χ2n) is 8.68. The quantitative estimate of drug-likeness (QED) is 0.601. The van der Waals surface area contributed by atoms with Crippen LogP contribution >= 0.6 is 0 Å². The molecule has 4 rings (SSSR count). The van der Waals surface area contributed by atoms with Crippen molar-refractivity contribution in [1.29, 1.82) is 0 Å². The number of ether oxygens (including phenoxy) is 1. The SMILES string of the molecule is CC(C)c1cc(-c2nnc(OCCN(C)C)n2-c2ccc3c(c2)CCC3)c(O)cc1O. The van der Waals surface area contributed by atoms with E-state index < -0.39 is 0 Å². The molecule has 0 aliphatic heterocycles. The molecule has 0 amide bonds. The fourth-order valence-electron chi connectivity index (χ4n) is 4.02. The molecule has 0 bridgehead atoms. The van der Waals surface area contributed by atoms with E-state index in [0.717, 1.165) is 37.1 Å². The topological polar surface area (TPSA) is 83.6 Å². The zero-order valence-electron chi connectivity index (χ0n) is 18.6. The molecule has 0 saturated carbocycles. The number of phenolic OH excluding ortho intramolecular Hbond substituents is 2. The van der Waals surface area contributed by atoms with Gasteiger partial charge in [-0.25, -0.2) is 4.57 Å². The standard InChI is InChI=1S/C24H30N4O3/c1-15(2)19-13-20(22(30)14-21(19)29)23-25-26-24(31-11-10-27(3)4)28(23)18-9-8-16-6-5-7-17(16)12-18/h8-9,12-15,29-30H,5-7,10-11H2,1-4H3. The number of aromatic nitrogens is 3. The summed E-state index contributed by atoms with van der Waals surface area (Å²) >= 11 is 0. The molecule has 0 unspecified atom stereocenters. The van der Waals surface area contributed by atoms with Crippen LogP contribution in [0.1, 0.15) is 42.9 Å². The lowest BCUT2D eigenvalue weighted by Crippen LogP contribution is -2.20. The first kappa shape index (κ1) is 21.2. The van der Waals surface area contributed by atoms with E-state index in [2.05, 4.69) is 28.4 Å². The third kappa shape index (κ3) is 4.23. The summed E-state index contributed by atoms with van der Waals surface area (Å²) in [6.07, 6.45) is 3.32. The third-order valence-electron chi connectivity index (χ3n) is 5.75. The number of phenols is 2. The Bertz CT molecular complexity index is 1090. The van der Waals surface area contributed by atoms with Crippen molar-refractivity contribution >= 4 is 0 Å². The summed E-state index contributed by atoms with van der Waals surface area (Å²) in [5, 5.41) is 29.6. The van der Waals surface area contributed by atoms with Gasteiger partial charge in [0.1, 0.15) is 18.1 Å². The first-order chi connectivity index (χ1) is 14.8. The van der Waals surface area contributed by atoms with Gasteiger partial charge in [0.05, 0.1) is 11.3 Å². The lowest BCUT2D eigenvalue weighted by Gasteiger charge is -2.16. The second-order valence-corrected chi connectivity index (χ2v) is 8.68. The predicted octanol–water partition coefficient (Wildman–Crippen LogP) is 3.90. The van der Waals surface area contributed by atoms with Crippen LogP contribution < -0.4 is 4.74 Å². The number of rotatable bonds is 7. The van der Waals surface area contributed by atoms with E-state index >= 15 is 0 Å². The monoisotopic (exact) mass is 422 g/mol. The highest BCUT2D eigenvalue weighted by Crippen LogP contribution is 2.39. The lowest BCUT2D eigenvalue weighted by molar-refractivity contribution is 0.242. The average Bonchev–Trinajstić information content (AvgIpc) is 3.33. The molecule has 1 aliphatic rings. The van der Waals surface area contributed by atoms with Gasteiger partial charge in [-0.15, -0.1) is 5.10 Å². The van der Waals surface area contributed by atoms with Crippen molar-refractivity contribution < 1.29 is 14.9 Å². The van der Waals surface area contributed by atoms with Crippen LogP contribution in [0.5, 0.6) is 17.5 Å². The summed E-state index contributed by atoms with van der Waals surface area (Å²) in [6.45, 7) is 5.21. The zero-order valence-corrected chi connectivity index (χ0v) is 18.6. The van der Waals surface area contributed by atoms with Gasteiger partial charge in [0.2, 0.25) is 0 Å². The van der Waals surface area contributed by atoms with E-state index in [1.807, 2.05) is 37.4 Å². The maximum Gasteiger partial charge on any atom is 0.322 e. The molecular weight excluding hydrogens is 392 g/mol. The molecule has 0 radical (unpaired) electrons. The van der Waals surface area contributed by atoms with Crippen LogP contribution in [0.2, 0.25) is 0 Å². The van der Waals surface area contributed by atoms with Crippen LogP contribution in [0.4, 0.5) is 0 Å². The van der Waals surface area contributed by atoms with Crippen molar-refractivity contribution in [3.63, 3.8) is 0 Å². The molecule has 0 atom stereocenters. The van der Waals surface area contributed by atoms with Crippen molar-refractivity contribution in [2.24, 2.45) is 0 Å². The van der Waals surface area contributed by atoms with Crippen LogP contribution in [0.25, 0.3) is 17.1 Å². The fourth-order valence-corrected chi connectivity index (χ4v) is 4.02. The molecular formula is C24H30N4O3. The number of hydrogen-bond acceptors (Lipinski definition) is 6. The van der Waals surface area contributed by atoms with Gasteiger partial charge in [-0.1, -0.05) is 25.0 Å². The summed E-state index contributed by atoms with van der Waals surface area (Å²) in [5.41, 5.74) is 4.86. The maximum absolute atomic E-state index is 10.6. The number of aromatic hydroxyl groups is 2. The Balaban J connectivity index is 1.84. The Hall–Kier alpha value is -3.06. The van der Waals surface area contributed by atoms with E-state index in [-0.39, 0.29) is 17.4 Å². The molecule has 0 spiro atoms. The van der Waals surface area contributed by atoms with Crippen molar-refractivity contribution in [3.05, 3.63) is 47.0 Å². The summed E-state index contributed by atoms with van der Waals surface area (Å²) in [4.78, 5) is 2.04. The Morgan fingerprint density at radius 2 is 1.81 bits per heavy atom. The molecule has 1 heterocycles. The van der Waals surface area contributed by atoms with Crippen LogP contribution in [0, 0.1) is 0 Å². The molecule has 7 nitrogen and oxygen atoms in total. The van der Waals surface area contributed by atoms with Gasteiger partial charge in [-0.3, -0.25) is 0 Å². The van der Waals surface area contributed by atoms with Gasteiger partial charge in [-0.05, 0) is 74.2 Å². The number of fused-ring (bicyclic) bond motifs is 1. The maximum atomic E-state index is 10.6. The summed E-state index contributed by atoms with van der Waals surface area (Å²) in [6, 6.07) is 9.91. The zero-order chi connectivity index (χ0) is 22.1. The molecule has 0 saturated heterocycles. The normalized spacial score (nSPS) is 13.2. The molecule has 7 heteroatoms. The summed E-state index contributed by atoms with van der Waals surface area (Å²) in [5.74, 6) is 0.600. The van der Waals surface area contributed by atoms with Crippen LogP contribution in [0.15, 0.2) is 30.3 Å². The minimum absolute atomic E-state index is 0.0449. The summed E-state index contributed by atoms with van der Waals surface area (Å²) in [7, 11) is 3.98. The van der Waals surface area contributed by atoms with Crippen LogP contribution in [0.3, 0.4) is 0 Å². The van der Waals surface area contributed by atoms with Crippen molar-refractivity contribution in [2.45, 2.75) is 39.0 Å². The largest absolute Gasteiger partial charge is 0.508 e. The van der Waals surface area contributed by atoms with Crippen LogP contribution in [-0.2, 0) is 12.8 Å². The van der Waals surface area contributed by atoms with Crippen molar-refractivity contribution in [2.75, 3.05) is 27.2 Å². The summed E-state index contributed by atoms with van der Waals surface area (Å²) < 4.78 is 7.83. The van der Waals surface area contributed by atoms with Crippen molar-refractivity contribution in [1.82, 2.24) is 19.7 Å². The number of aryl methyl sites for hydroxylation is 2. The predicted molar refractivity (Wildman–Crippen MR) is 120 cm³/mol. The minimum atomic E-state index is -0.0449. The Labute approximate surface area is 182 Å². The molecule has 164 valence electrons. The van der Waals surface area contributed by atoms with E-state index in [9.17, 15) is 10.2 Å². The first-order valence-electron chi connectivity index (χ1n) is 10.8. The Kier molecular flexibility index (Phi) is 5.87. The van der Waals surface area contributed by atoms with Gasteiger partial charge >= 0.3 is 6.01 Å². The number of hydrogen-bond donors (Lipinski definition) is 2. The number of nitrogens with zero attached hydrogens (tertiary/aromatic N) is 4. The molecule has 0 fully saturated rings. The van der Waals surface area contributed by atoms with Gasteiger partial charge < -0.3 is 19.8 Å². The van der Waals surface area contributed by atoms with E-state index in [1.165, 1.54) is 17.2 Å². The highest BCUT2D eigenvalue weighted by atomic mass is 16.5. The number of likely N-dealkylation sites (N-methyl/N-ethyl adjacent to an activating group) is 1. The van der Waals surface area contributed by atoms with E-state index in [1.54, 1.807) is 6.07 Å².